The van der Waals surface area contributed by atoms with E-state index < -0.39 is 0 Å². The second kappa shape index (κ2) is 6.44. The first-order valence-electron chi connectivity index (χ1n) is 6.81. The number of piperidine rings is 1. The maximum absolute atomic E-state index is 6.41. The molecule has 1 aromatic rings. The molecule has 0 aliphatic carbocycles. The first-order chi connectivity index (χ1) is 8.77. The summed E-state index contributed by atoms with van der Waals surface area (Å²) in [5, 5.41) is 4.34. The van der Waals surface area contributed by atoms with Crippen LogP contribution in [0.2, 0.25) is 5.02 Å². The lowest BCUT2D eigenvalue weighted by molar-refractivity contribution is 0.298. The lowest BCUT2D eigenvalue weighted by Crippen LogP contribution is -2.35. The second-order valence-electron chi connectivity index (χ2n) is 5.00. The Labute approximate surface area is 115 Å². The molecule has 1 heterocycles. The van der Waals surface area contributed by atoms with Gasteiger partial charge in [-0.1, -0.05) is 31.0 Å². The summed E-state index contributed by atoms with van der Waals surface area (Å²) in [6, 6.07) is 5.96. The van der Waals surface area contributed by atoms with Crippen molar-refractivity contribution in [2.24, 2.45) is 5.92 Å². The highest BCUT2D eigenvalue weighted by Crippen LogP contribution is 2.41. The van der Waals surface area contributed by atoms with Crippen LogP contribution in [-0.2, 0) is 0 Å². The molecule has 3 heteroatoms. The van der Waals surface area contributed by atoms with E-state index in [2.05, 4.69) is 12.2 Å². The summed E-state index contributed by atoms with van der Waals surface area (Å²) < 4.78 is 5.50. The fourth-order valence-corrected chi connectivity index (χ4v) is 3.34. The van der Waals surface area contributed by atoms with Gasteiger partial charge in [0.1, 0.15) is 5.75 Å². The van der Waals surface area contributed by atoms with Crippen molar-refractivity contribution in [3.05, 3.63) is 28.8 Å². The van der Waals surface area contributed by atoms with Gasteiger partial charge in [-0.15, -0.1) is 0 Å². The Kier molecular flexibility index (Phi) is 4.90. The van der Waals surface area contributed by atoms with Gasteiger partial charge in [-0.3, -0.25) is 0 Å². The number of hydrogen-bond donors (Lipinski definition) is 1. The maximum atomic E-state index is 6.41. The topological polar surface area (TPSA) is 21.3 Å². The van der Waals surface area contributed by atoms with Crippen molar-refractivity contribution in [1.29, 1.82) is 0 Å². The Balaban J connectivity index is 2.32. The van der Waals surface area contributed by atoms with Crippen LogP contribution in [0, 0.1) is 5.92 Å². The summed E-state index contributed by atoms with van der Waals surface area (Å²) >= 11 is 6.41. The van der Waals surface area contributed by atoms with Gasteiger partial charge in [0.25, 0.3) is 0 Å². The van der Waals surface area contributed by atoms with Crippen LogP contribution < -0.4 is 10.1 Å². The predicted octanol–water partition coefficient (Wildman–Crippen LogP) is 3.84. The van der Waals surface area contributed by atoms with Crippen molar-refractivity contribution in [2.75, 3.05) is 20.2 Å². The number of nitrogens with one attached hydrogen (secondary N) is 1. The molecule has 1 aliphatic heterocycles. The Bertz CT molecular complexity index is 392. The molecule has 2 nitrogen and oxygen atoms in total. The zero-order valence-electron chi connectivity index (χ0n) is 11.2. The fraction of sp³-hybridized carbons (Fsp3) is 0.600. The van der Waals surface area contributed by atoms with Crippen molar-refractivity contribution in [2.45, 2.75) is 32.1 Å². The summed E-state index contributed by atoms with van der Waals surface area (Å²) in [6.07, 6.45) is 3.60. The van der Waals surface area contributed by atoms with E-state index in [1.54, 1.807) is 7.11 Å². The lowest BCUT2D eigenvalue weighted by Gasteiger charge is -2.33. The molecular weight excluding hydrogens is 246 g/mol. The molecular formula is C15H22ClNO. The van der Waals surface area contributed by atoms with Crippen LogP contribution in [0.3, 0.4) is 0 Å². The van der Waals surface area contributed by atoms with Crippen LogP contribution in [-0.4, -0.2) is 20.2 Å². The van der Waals surface area contributed by atoms with Gasteiger partial charge in [0, 0.05) is 10.6 Å². The molecule has 0 aromatic heterocycles. The van der Waals surface area contributed by atoms with E-state index in [1.165, 1.54) is 18.4 Å². The van der Waals surface area contributed by atoms with Crippen LogP contribution in [0.15, 0.2) is 18.2 Å². The minimum absolute atomic E-state index is 0.523. The normalized spacial score (nSPS) is 23.9. The van der Waals surface area contributed by atoms with Crippen molar-refractivity contribution in [1.82, 2.24) is 5.32 Å². The molecule has 0 spiro atoms. The van der Waals surface area contributed by atoms with Crippen LogP contribution in [0.25, 0.3) is 0 Å². The molecule has 2 rings (SSSR count). The van der Waals surface area contributed by atoms with Gasteiger partial charge in [0.15, 0.2) is 0 Å². The fourth-order valence-electron chi connectivity index (χ4n) is 3.03. The summed E-state index contributed by atoms with van der Waals surface area (Å²) in [7, 11) is 1.73. The summed E-state index contributed by atoms with van der Waals surface area (Å²) in [6.45, 7) is 4.40. The molecule has 0 radical (unpaired) electrons. The summed E-state index contributed by atoms with van der Waals surface area (Å²) in [5.74, 6) is 2.13. The van der Waals surface area contributed by atoms with Gasteiger partial charge in [-0.05, 0) is 49.9 Å². The van der Waals surface area contributed by atoms with Gasteiger partial charge in [-0.25, -0.2) is 0 Å². The van der Waals surface area contributed by atoms with E-state index >= 15 is 0 Å². The van der Waals surface area contributed by atoms with Crippen LogP contribution in [0.1, 0.15) is 37.7 Å². The van der Waals surface area contributed by atoms with E-state index in [0.717, 1.165) is 30.3 Å². The number of hydrogen-bond acceptors (Lipinski definition) is 2. The highest BCUT2D eigenvalue weighted by atomic mass is 35.5. The van der Waals surface area contributed by atoms with Crippen LogP contribution >= 0.6 is 11.6 Å². The van der Waals surface area contributed by atoms with Crippen molar-refractivity contribution in [3.8, 4) is 5.75 Å². The molecule has 0 saturated carbocycles. The maximum Gasteiger partial charge on any atom is 0.123 e. The van der Waals surface area contributed by atoms with Crippen LogP contribution in [0.4, 0.5) is 0 Å². The number of rotatable bonds is 4. The monoisotopic (exact) mass is 267 g/mol. The molecule has 0 bridgehead atoms. The predicted molar refractivity (Wildman–Crippen MR) is 76.6 cm³/mol. The van der Waals surface area contributed by atoms with Gasteiger partial charge in [-0.2, -0.15) is 0 Å². The van der Waals surface area contributed by atoms with E-state index in [-0.39, 0.29) is 0 Å². The lowest BCUT2D eigenvalue weighted by atomic mass is 9.78. The molecule has 0 amide bonds. The molecule has 18 heavy (non-hydrogen) atoms. The number of methoxy groups -OCH3 is 1. The summed E-state index contributed by atoms with van der Waals surface area (Å²) in [5.41, 5.74) is 1.21. The molecule has 1 fully saturated rings. The molecule has 2 atom stereocenters. The third kappa shape index (κ3) is 2.81. The molecule has 1 aliphatic rings. The summed E-state index contributed by atoms with van der Waals surface area (Å²) in [4.78, 5) is 0. The molecule has 1 N–H and O–H groups in total. The van der Waals surface area contributed by atoms with Gasteiger partial charge in [0.2, 0.25) is 0 Å². The standard InChI is InChI=1S/C15H22ClNO/c1-3-5-11-10-17-9-8-12(11)15-13(16)6-4-7-14(15)18-2/h4,6-7,11-12,17H,3,5,8-10H2,1-2H3. The zero-order valence-corrected chi connectivity index (χ0v) is 12.0. The molecule has 100 valence electrons. The minimum Gasteiger partial charge on any atom is -0.496 e. The Hall–Kier alpha value is -0.730. The minimum atomic E-state index is 0.523. The largest absolute Gasteiger partial charge is 0.496 e. The highest BCUT2D eigenvalue weighted by molar-refractivity contribution is 6.31. The number of ether oxygens (including phenoxy) is 1. The Morgan fingerprint density at radius 3 is 3.00 bits per heavy atom. The van der Waals surface area contributed by atoms with Crippen molar-refractivity contribution < 1.29 is 4.74 Å². The Morgan fingerprint density at radius 2 is 2.28 bits per heavy atom. The highest BCUT2D eigenvalue weighted by Gasteiger charge is 2.29. The van der Waals surface area contributed by atoms with Crippen LogP contribution in [0.5, 0.6) is 5.75 Å². The molecule has 1 saturated heterocycles. The van der Waals surface area contributed by atoms with E-state index in [4.69, 9.17) is 16.3 Å². The van der Waals surface area contributed by atoms with E-state index in [1.807, 2.05) is 18.2 Å². The van der Waals surface area contributed by atoms with Gasteiger partial charge in [0.05, 0.1) is 7.11 Å². The smallest absolute Gasteiger partial charge is 0.123 e. The van der Waals surface area contributed by atoms with E-state index in [9.17, 15) is 0 Å². The van der Waals surface area contributed by atoms with Crippen molar-refractivity contribution >= 4 is 11.6 Å². The third-order valence-corrected chi connectivity index (χ3v) is 4.20. The SMILES string of the molecule is CCCC1CNCCC1c1c(Cl)cccc1OC. The Morgan fingerprint density at radius 1 is 1.44 bits per heavy atom. The number of halogens is 1. The zero-order chi connectivity index (χ0) is 13.0. The average Bonchev–Trinajstić information content (AvgIpc) is 2.40. The average molecular weight is 268 g/mol. The van der Waals surface area contributed by atoms with Crippen molar-refractivity contribution in [3.63, 3.8) is 0 Å². The first kappa shape index (κ1) is 13.7. The van der Waals surface area contributed by atoms with Gasteiger partial charge >= 0.3 is 0 Å². The third-order valence-electron chi connectivity index (χ3n) is 3.87. The van der Waals surface area contributed by atoms with Gasteiger partial charge < -0.3 is 10.1 Å². The first-order valence-corrected chi connectivity index (χ1v) is 7.18. The number of benzene rings is 1. The quantitative estimate of drug-likeness (QED) is 0.895. The molecule has 2 unspecified atom stereocenters. The van der Waals surface area contributed by atoms with E-state index in [0.29, 0.717) is 11.8 Å². The second-order valence-corrected chi connectivity index (χ2v) is 5.41. The molecule has 1 aromatic carbocycles.